The highest BCUT2D eigenvalue weighted by atomic mass is 32.2. The number of sulfonamides is 1. The molecule has 0 bridgehead atoms. The fourth-order valence-electron chi connectivity index (χ4n) is 1.47. The van der Waals surface area contributed by atoms with Gasteiger partial charge in [-0.05, 0) is 26.8 Å². The lowest BCUT2D eigenvalue weighted by Crippen LogP contribution is -2.26. The van der Waals surface area contributed by atoms with Crippen molar-refractivity contribution < 1.29 is 17.9 Å². The monoisotopic (exact) mass is 291 g/mol. The molecular weight excluding hydrogens is 274 g/mol. The average molecular weight is 291 g/mol. The third-order valence-electron chi connectivity index (χ3n) is 2.21. The van der Waals surface area contributed by atoms with Crippen LogP contribution < -0.4 is 4.72 Å². The normalized spacial score (nSPS) is 11.5. The van der Waals surface area contributed by atoms with Gasteiger partial charge in [0.2, 0.25) is 10.0 Å². The first-order chi connectivity index (χ1) is 8.36. The summed E-state index contributed by atoms with van der Waals surface area (Å²) in [5.41, 5.74) is 0. The maximum atomic E-state index is 11.9. The highest BCUT2D eigenvalue weighted by Gasteiger charge is 2.18. The third-order valence-corrected chi connectivity index (χ3v) is 4.89. The topological polar surface area (TPSA) is 72.5 Å². The molecule has 18 heavy (non-hydrogen) atoms. The number of carbonyl (C=O) groups excluding carboxylic acids is 1. The van der Waals surface area contributed by atoms with Crippen molar-refractivity contribution >= 4 is 27.3 Å². The molecule has 0 spiro atoms. The van der Waals surface area contributed by atoms with Gasteiger partial charge in [-0.1, -0.05) is 0 Å². The fourth-order valence-corrected chi connectivity index (χ4v) is 4.06. The number of thiophene rings is 1. The van der Waals surface area contributed by atoms with Gasteiger partial charge in [0.05, 0.1) is 17.9 Å². The number of rotatable bonds is 6. The highest BCUT2D eigenvalue weighted by Crippen LogP contribution is 2.24. The van der Waals surface area contributed by atoms with Crippen molar-refractivity contribution in [2.75, 3.05) is 13.2 Å². The van der Waals surface area contributed by atoms with Crippen LogP contribution in [0.25, 0.3) is 0 Å². The van der Waals surface area contributed by atoms with Gasteiger partial charge in [0.25, 0.3) is 0 Å². The lowest BCUT2D eigenvalue weighted by atomic mass is 10.4. The van der Waals surface area contributed by atoms with Gasteiger partial charge < -0.3 is 4.74 Å². The molecule has 1 rings (SSSR count). The predicted molar refractivity (Wildman–Crippen MR) is 70.2 cm³/mol. The van der Waals surface area contributed by atoms with Gasteiger partial charge in [-0.15, -0.1) is 11.3 Å². The molecule has 0 radical (unpaired) electrons. The van der Waals surface area contributed by atoms with E-state index in [0.717, 1.165) is 9.75 Å². The lowest BCUT2D eigenvalue weighted by molar-refractivity contribution is -0.142. The number of nitrogens with one attached hydrogen (secondary N) is 1. The molecule has 0 aliphatic heterocycles. The first kappa shape index (κ1) is 15.1. The third kappa shape index (κ3) is 4.08. The van der Waals surface area contributed by atoms with Crippen LogP contribution in [0.15, 0.2) is 11.0 Å². The molecule has 7 heteroatoms. The Morgan fingerprint density at radius 1 is 1.44 bits per heavy atom. The Kier molecular flexibility index (Phi) is 5.30. The van der Waals surface area contributed by atoms with Crippen molar-refractivity contribution in [1.29, 1.82) is 0 Å². The Morgan fingerprint density at radius 2 is 2.11 bits per heavy atom. The minimum absolute atomic E-state index is 0.0369. The van der Waals surface area contributed by atoms with Crippen LogP contribution in [0.3, 0.4) is 0 Å². The van der Waals surface area contributed by atoms with Crippen LogP contribution in [0, 0.1) is 13.8 Å². The summed E-state index contributed by atoms with van der Waals surface area (Å²) in [5.74, 6) is -0.404. The second kappa shape index (κ2) is 6.31. The van der Waals surface area contributed by atoms with Crippen LogP contribution in [0.2, 0.25) is 0 Å². The molecule has 1 aromatic heterocycles. The van der Waals surface area contributed by atoms with Gasteiger partial charge in [-0.25, -0.2) is 13.1 Å². The van der Waals surface area contributed by atoms with Crippen LogP contribution in [-0.4, -0.2) is 27.5 Å². The molecule has 0 fully saturated rings. The molecule has 0 aliphatic rings. The molecule has 0 unspecified atom stereocenters. The Bertz CT molecular complexity index is 519. The van der Waals surface area contributed by atoms with Crippen LogP contribution in [0.4, 0.5) is 0 Å². The second-order valence-electron chi connectivity index (χ2n) is 3.73. The molecule has 1 aromatic rings. The van der Waals surface area contributed by atoms with Gasteiger partial charge in [-0.3, -0.25) is 4.79 Å². The molecule has 0 atom stereocenters. The number of hydrogen-bond donors (Lipinski definition) is 1. The molecule has 0 saturated heterocycles. The SMILES string of the molecule is CCOC(=O)CCNS(=O)(=O)c1cc(C)sc1C. The quantitative estimate of drug-likeness (QED) is 0.808. The van der Waals surface area contributed by atoms with Gasteiger partial charge in [-0.2, -0.15) is 0 Å². The second-order valence-corrected chi connectivity index (χ2v) is 6.93. The molecule has 0 aliphatic carbocycles. The standard InChI is InChI=1S/C11H17NO4S2/c1-4-16-11(13)5-6-12-18(14,15)10-7-8(2)17-9(10)3/h7,12H,4-6H2,1-3H3. The van der Waals surface area contributed by atoms with E-state index in [1.54, 1.807) is 19.9 Å². The summed E-state index contributed by atoms with van der Waals surface area (Å²) in [7, 11) is -3.53. The van der Waals surface area contributed by atoms with Crippen molar-refractivity contribution in [3.8, 4) is 0 Å². The largest absolute Gasteiger partial charge is 0.466 e. The lowest BCUT2D eigenvalue weighted by Gasteiger charge is -2.05. The van der Waals surface area contributed by atoms with E-state index in [2.05, 4.69) is 4.72 Å². The van der Waals surface area contributed by atoms with Crippen molar-refractivity contribution in [2.45, 2.75) is 32.1 Å². The van der Waals surface area contributed by atoms with Crippen molar-refractivity contribution in [3.63, 3.8) is 0 Å². The number of hydrogen-bond acceptors (Lipinski definition) is 5. The summed E-state index contributed by atoms with van der Waals surface area (Å²) in [5, 5.41) is 0. The van der Waals surface area contributed by atoms with E-state index in [-0.39, 0.29) is 17.9 Å². The zero-order valence-corrected chi connectivity index (χ0v) is 12.3. The first-order valence-electron chi connectivity index (χ1n) is 5.59. The molecular formula is C11H17NO4S2. The summed E-state index contributed by atoms with van der Waals surface area (Å²) < 4.78 is 31.0. The minimum Gasteiger partial charge on any atom is -0.466 e. The van der Waals surface area contributed by atoms with Crippen LogP contribution >= 0.6 is 11.3 Å². The highest BCUT2D eigenvalue weighted by molar-refractivity contribution is 7.89. The molecule has 0 amide bonds. The van der Waals surface area contributed by atoms with Crippen molar-refractivity contribution in [3.05, 3.63) is 15.8 Å². The summed E-state index contributed by atoms with van der Waals surface area (Å²) in [6.07, 6.45) is 0.0369. The van der Waals surface area contributed by atoms with E-state index < -0.39 is 16.0 Å². The number of aryl methyl sites for hydroxylation is 2. The van der Waals surface area contributed by atoms with E-state index in [1.165, 1.54) is 11.3 Å². The summed E-state index contributed by atoms with van der Waals surface area (Å²) in [6, 6.07) is 1.63. The molecule has 1 N–H and O–H groups in total. The predicted octanol–water partition coefficient (Wildman–Crippen LogP) is 1.60. The van der Waals surface area contributed by atoms with E-state index in [9.17, 15) is 13.2 Å². The van der Waals surface area contributed by atoms with Gasteiger partial charge in [0, 0.05) is 16.3 Å². The van der Waals surface area contributed by atoms with Crippen LogP contribution in [0.1, 0.15) is 23.1 Å². The molecule has 5 nitrogen and oxygen atoms in total. The summed E-state index contributed by atoms with van der Waals surface area (Å²) in [6.45, 7) is 5.68. The molecule has 1 heterocycles. The number of esters is 1. The van der Waals surface area contributed by atoms with E-state index in [4.69, 9.17) is 4.74 Å². The first-order valence-corrected chi connectivity index (χ1v) is 7.89. The molecule has 0 aromatic carbocycles. The zero-order chi connectivity index (χ0) is 13.8. The minimum atomic E-state index is -3.53. The van der Waals surface area contributed by atoms with Gasteiger partial charge in [0.15, 0.2) is 0 Å². The van der Waals surface area contributed by atoms with E-state index in [1.807, 2.05) is 6.92 Å². The van der Waals surface area contributed by atoms with Crippen molar-refractivity contribution in [1.82, 2.24) is 4.72 Å². The zero-order valence-electron chi connectivity index (χ0n) is 10.6. The molecule has 0 saturated carbocycles. The van der Waals surface area contributed by atoms with E-state index in [0.29, 0.717) is 6.61 Å². The van der Waals surface area contributed by atoms with Crippen molar-refractivity contribution in [2.24, 2.45) is 0 Å². The summed E-state index contributed by atoms with van der Waals surface area (Å²) >= 11 is 1.43. The van der Waals surface area contributed by atoms with Gasteiger partial charge >= 0.3 is 5.97 Å². The fraction of sp³-hybridized carbons (Fsp3) is 0.545. The number of carbonyl (C=O) groups is 1. The summed E-state index contributed by atoms with van der Waals surface area (Å²) in [4.78, 5) is 13.1. The Labute approximate surface area is 111 Å². The Hall–Kier alpha value is -0.920. The van der Waals surface area contributed by atoms with E-state index >= 15 is 0 Å². The smallest absolute Gasteiger partial charge is 0.307 e. The maximum Gasteiger partial charge on any atom is 0.307 e. The average Bonchev–Trinajstić information content (AvgIpc) is 2.58. The van der Waals surface area contributed by atoms with Crippen LogP contribution in [-0.2, 0) is 19.6 Å². The molecule has 102 valence electrons. The number of ether oxygens (including phenoxy) is 1. The Morgan fingerprint density at radius 3 is 2.61 bits per heavy atom. The maximum absolute atomic E-state index is 11.9. The Balaban J connectivity index is 2.61. The van der Waals surface area contributed by atoms with Gasteiger partial charge in [0.1, 0.15) is 0 Å². The van der Waals surface area contributed by atoms with Crippen LogP contribution in [0.5, 0.6) is 0 Å².